The van der Waals surface area contributed by atoms with Crippen LogP contribution in [0.5, 0.6) is 0 Å². The number of carbonyl (C=O) groups is 1. The first-order valence-corrected chi connectivity index (χ1v) is 5.54. The highest BCUT2D eigenvalue weighted by Crippen LogP contribution is 1.97. The molecule has 0 saturated carbocycles. The highest BCUT2D eigenvalue weighted by atomic mass is 32.1. The smallest absolute Gasteiger partial charge is 0.272 e. The Labute approximate surface area is 96.9 Å². The largest absolute Gasteiger partial charge is 0.350 e. The van der Waals surface area contributed by atoms with E-state index in [1.165, 1.54) is 6.20 Å². The number of carbonyl (C=O) groups excluding carboxylic acids is 1. The minimum atomic E-state index is -0.183. The maximum atomic E-state index is 11.5. The van der Waals surface area contributed by atoms with Gasteiger partial charge in [0.2, 0.25) is 0 Å². The molecule has 0 spiro atoms. The van der Waals surface area contributed by atoms with Crippen molar-refractivity contribution in [1.29, 1.82) is 0 Å². The van der Waals surface area contributed by atoms with Gasteiger partial charge in [0.25, 0.3) is 5.91 Å². The third kappa shape index (κ3) is 2.83. The maximum absolute atomic E-state index is 11.5. The minimum absolute atomic E-state index is 0.183. The normalized spacial score (nSPS) is 10.0. The van der Waals surface area contributed by atoms with Gasteiger partial charge in [-0.2, -0.15) is 8.75 Å². The molecule has 0 aromatic carbocycles. The van der Waals surface area contributed by atoms with E-state index in [0.29, 0.717) is 12.2 Å². The number of nitrogens with one attached hydrogen (secondary N) is 1. The van der Waals surface area contributed by atoms with Crippen LogP contribution in [-0.2, 0) is 6.42 Å². The van der Waals surface area contributed by atoms with Gasteiger partial charge in [-0.25, -0.2) is 0 Å². The molecule has 0 radical (unpaired) electrons. The van der Waals surface area contributed by atoms with Gasteiger partial charge in [-0.1, -0.05) is 6.07 Å². The molecule has 82 valence electrons. The summed E-state index contributed by atoms with van der Waals surface area (Å²) in [5, 5.41) is 2.77. The Kier molecular flexibility index (Phi) is 3.55. The van der Waals surface area contributed by atoms with Crippen LogP contribution in [0.25, 0.3) is 0 Å². The molecular formula is C10H10N4OS. The summed E-state index contributed by atoms with van der Waals surface area (Å²) in [4.78, 5) is 15.5. The third-order valence-corrected chi connectivity index (χ3v) is 2.49. The van der Waals surface area contributed by atoms with Crippen molar-refractivity contribution >= 4 is 17.6 Å². The number of rotatable bonds is 4. The Balaban J connectivity index is 1.79. The van der Waals surface area contributed by atoms with E-state index in [4.69, 9.17) is 0 Å². The summed E-state index contributed by atoms with van der Waals surface area (Å²) in [6.07, 6.45) is 5.74. The van der Waals surface area contributed by atoms with E-state index in [-0.39, 0.29) is 5.91 Å². The predicted octanol–water partition coefficient (Wildman–Crippen LogP) is 0.906. The zero-order valence-corrected chi connectivity index (χ0v) is 9.28. The lowest BCUT2D eigenvalue weighted by Gasteiger charge is -2.02. The molecule has 1 N–H and O–H groups in total. The van der Waals surface area contributed by atoms with Crippen LogP contribution in [-0.4, -0.2) is 26.2 Å². The van der Waals surface area contributed by atoms with Crippen LogP contribution in [0.3, 0.4) is 0 Å². The summed E-state index contributed by atoms with van der Waals surface area (Å²) in [6, 6.07) is 3.85. The molecule has 0 aliphatic carbocycles. The van der Waals surface area contributed by atoms with Crippen molar-refractivity contribution in [2.45, 2.75) is 6.42 Å². The summed E-state index contributed by atoms with van der Waals surface area (Å²) in [5.41, 5.74) is 1.47. The zero-order chi connectivity index (χ0) is 11.2. The Hall–Kier alpha value is -1.82. The highest BCUT2D eigenvalue weighted by Gasteiger charge is 2.06. The summed E-state index contributed by atoms with van der Waals surface area (Å²) in [5.74, 6) is -0.183. The van der Waals surface area contributed by atoms with E-state index in [0.717, 1.165) is 23.7 Å². The second-order valence-electron chi connectivity index (χ2n) is 3.16. The molecule has 2 heterocycles. The van der Waals surface area contributed by atoms with Gasteiger partial charge in [0.15, 0.2) is 5.69 Å². The number of amides is 1. The molecule has 2 aromatic rings. The van der Waals surface area contributed by atoms with Crippen molar-refractivity contribution in [3.63, 3.8) is 0 Å². The minimum Gasteiger partial charge on any atom is -0.350 e. The zero-order valence-electron chi connectivity index (χ0n) is 8.46. The van der Waals surface area contributed by atoms with Gasteiger partial charge in [0, 0.05) is 18.9 Å². The molecule has 5 nitrogen and oxygen atoms in total. The average Bonchev–Trinajstić information content (AvgIpc) is 2.84. The maximum Gasteiger partial charge on any atom is 0.272 e. The lowest BCUT2D eigenvalue weighted by Crippen LogP contribution is -2.25. The Morgan fingerprint density at radius 3 is 3.06 bits per heavy atom. The van der Waals surface area contributed by atoms with E-state index in [1.54, 1.807) is 12.4 Å². The standard InChI is InChI=1S/C10H10N4OS/c15-10(9-7-13-16-14-9)12-5-3-8-2-1-4-11-6-8/h1-2,4,6-7H,3,5H2,(H,12,15). The van der Waals surface area contributed by atoms with Gasteiger partial charge < -0.3 is 5.32 Å². The fraction of sp³-hybridized carbons (Fsp3) is 0.200. The van der Waals surface area contributed by atoms with E-state index < -0.39 is 0 Å². The van der Waals surface area contributed by atoms with Crippen LogP contribution in [0.4, 0.5) is 0 Å². The van der Waals surface area contributed by atoms with Crippen molar-refractivity contribution in [3.8, 4) is 0 Å². The summed E-state index contributed by atoms with van der Waals surface area (Å²) >= 11 is 1.03. The Bertz CT molecular complexity index is 443. The fourth-order valence-corrected chi connectivity index (χ4v) is 1.63. The molecule has 6 heteroatoms. The lowest BCUT2D eigenvalue weighted by atomic mass is 10.2. The van der Waals surface area contributed by atoms with Gasteiger partial charge in [0.1, 0.15) is 0 Å². The molecule has 0 aliphatic rings. The summed E-state index contributed by atoms with van der Waals surface area (Å²) in [7, 11) is 0. The van der Waals surface area contributed by atoms with Crippen molar-refractivity contribution in [2.75, 3.05) is 6.54 Å². The molecule has 0 saturated heterocycles. The molecule has 0 fully saturated rings. The molecular weight excluding hydrogens is 224 g/mol. The van der Waals surface area contributed by atoms with Crippen molar-refractivity contribution in [3.05, 3.63) is 42.0 Å². The fourth-order valence-electron chi connectivity index (χ4n) is 1.22. The molecule has 0 aliphatic heterocycles. The average molecular weight is 234 g/mol. The van der Waals surface area contributed by atoms with Crippen LogP contribution in [0.15, 0.2) is 30.7 Å². The molecule has 16 heavy (non-hydrogen) atoms. The highest BCUT2D eigenvalue weighted by molar-refractivity contribution is 6.99. The molecule has 0 bridgehead atoms. The van der Waals surface area contributed by atoms with Gasteiger partial charge >= 0.3 is 0 Å². The lowest BCUT2D eigenvalue weighted by molar-refractivity contribution is 0.0950. The predicted molar refractivity (Wildman–Crippen MR) is 60.2 cm³/mol. The van der Waals surface area contributed by atoms with Crippen molar-refractivity contribution in [2.24, 2.45) is 0 Å². The second kappa shape index (κ2) is 5.32. The van der Waals surface area contributed by atoms with E-state index in [1.807, 2.05) is 12.1 Å². The number of aromatic nitrogens is 3. The van der Waals surface area contributed by atoms with Crippen molar-refractivity contribution < 1.29 is 4.79 Å². The van der Waals surface area contributed by atoms with Crippen LogP contribution < -0.4 is 5.32 Å². The van der Waals surface area contributed by atoms with E-state index >= 15 is 0 Å². The molecule has 2 rings (SSSR count). The van der Waals surface area contributed by atoms with Crippen molar-refractivity contribution in [1.82, 2.24) is 19.0 Å². The molecule has 1 amide bonds. The Morgan fingerprint density at radius 2 is 2.38 bits per heavy atom. The van der Waals surface area contributed by atoms with Crippen LogP contribution in [0.2, 0.25) is 0 Å². The van der Waals surface area contributed by atoms with Crippen LogP contribution >= 0.6 is 11.7 Å². The number of pyridine rings is 1. The number of hydrogen-bond acceptors (Lipinski definition) is 5. The molecule has 0 atom stereocenters. The van der Waals surface area contributed by atoms with Gasteiger partial charge in [-0.3, -0.25) is 9.78 Å². The van der Waals surface area contributed by atoms with E-state index in [9.17, 15) is 4.79 Å². The second-order valence-corrected chi connectivity index (χ2v) is 3.72. The topological polar surface area (TPSA) is 67.8 Å². The first kappa shape index (κ1) is 10.7. The third-order valence-electron chi connectivity index (χ3n) is 2.02. The SMILES string of the molecule is O=C(NCCc1cccnc1)c1cnsn1. The first-order chi connectivity index (χ1) is 7.86. The quantitative estimate of drug-likeness (QED) is 0.853. The molecule has 0 unspecified atom stereocenters. The van der Waals surface area contributed by atoms with Gasteiger partial charge in [-0.15, -0.1) is 0 Å². The number of nitrogens with zero attached hydrogens (tertiary/aromatic N) is 3. The first-order valence-electron chi connectivity index (χ1n) is 4.81. The van der Waals surface area contributed by atoms with Crippen LogP contribution in [0, 0.1) is 0 Å². The summed E-state index contributed by atoms with van der Waals surface area (Å²) in [6.45, 7) is 0.571. The molecule has 2 aromatic heterocycles. The summed E-state index contributed by atoms with van der Waals surface area (Å²) < 4.78 is 7.62. The van der Waals surface area contributed by atoms with Gasteiger partial charge in [0.05, 0.1) is 17.9 Å². The van der Waals surface area contributed by atoms with Gasteiger partial charge in [-0.05, 0) is 18.1 Å². The Morgan fingerprint density at radius 1 is 1.44 bits per heavy atom. The number of hydrogen-bond donors (Lipinski definition) is 1. The van der Waals surface area contributed by atoms with Crippen LogP contribution in [0.1, 0.15) is 16.1 Å². The van der Waals surface area contributed by atoms with E-state index in [2.05, 4.69) is 19.0 Å². The monoisotopic (exact) mass is 234 g/mol.